The number of carbonyl (C=O) groups is 1. The minimum atomic E-state index is 0.114. The Morgan fingerprint density at radius 2 is 2.14 bits per heavy atom. The number of piperidine rings is 1. The van der Waals surface area contributed by atoms with Gasteiger partial charge in [-0.3, -0.25) is 9.89 Å². The molecule has 1 fully saturated rings. The number of benzene rings is 1. The number of nitrogens with one attached hydrogen (secondary N) is 3. The Kier molecular flexibility index (Phi) is 4.31. The predicted molar refractivity (Wildman–Crippen MR) is 81.5 cm³/mol. The quantitative estimate of drug-likeness (QED) is 0.800. The summed E-state index contributed by atoms with van der Waals surface area (Å²) in [5.74, 6) is 0.267. The van der Waals surface area contributed by atoms with Gasteiger partial charge in [0.2, 0.25) is 5.91 Å². The van der Waals surface area contributed by atoms with Crippen LogP contribution in [0.3, 0.4) is 0 Å². The van der Waals surface area contributed by atoms with Gasteiger partial charge in [0.1, 0.15) is 0 Å². The van der Waals surface area contributed by atoms with E-state index in [0.717, 1.165) is 42.8 Å². The fraction of sp³-hybridized carbons (Fsp3) is 0.375. The van der Waals surface area contributed by atoms with Crippen molar-refractivity contribution in [2.24, 2.45) is 5.92 Å². The minimum Gasteiger partial charge on any atom is -0.352 e. The van der Waals surface area contributed by atoms with Crippen LogP contribution in [-0.2, 0) is 11.3 Å². The van der Waals surface area contributed by atoms with Gasteiger partial charge in [-0.2, -0.15) is 5.10 Å². The van der Waals surface area contributed by atoms with Gasteiger partial charge in [-0.25, -0.2) is 0 Å². The zero-order valence-electron chi connectivity index (χ0n) is 11.9. The van der Waals surface area contributed by atoms with Crippen molar-refractivity contribution in [1.82, 2.24) is 20.8 Å². The molecule has 0 bridgehead atoms. The molecule has 110 valence electrons. The second-order valence-corrected chi connectivity index (χ2v) is 5.43. The monoisotopic (exact) mass is 284 g/mol. The molecule has 0 saturated carbocycles. The number of carbonyl (C=O) groups excluding carboxylic acids is 1. The van der Waals surface area contributed by atoms with Crippen LogP contribution in [0.2, 0.25) is 0 Å². The summed E-state index contributed by atoms with van der Waals surface area (Å²) in [6.45, 7) is 2.40. The summed E-state index contributed by atoms with van der Waals surface area (Å²) in [5.41, 5.74) is 3.20. The molecule has 1 amide bonds. The second-order valence-electron chi connectivity index (χ2n) is 5.43. The highest BCUT2D eigenvalue weighted by molar-refractivity contribution is 5.79. The first-order valence-corrected chi connectivity index (χ1v) is 7.40. The number of aromatic nitrogens is 2. The van der Waals surface area contributed by atoms with Gasteiger partial charge in [-0.15, -0.1) is 0 Å². The Morgan fingerprint density at radius 3 is 2.81 bits per heavy atom. The first-order valence-electron chi connectivity index (χ1n) is 7.40. The third kappa shape index (κ3) is 3.49. The predicted octanol–water partition coefficient (Wildman–Crippen LogP) is 1.69. The smallest absolute Gasteiger partial charge is 0.224 e. The van der Waals surface area contributed by atoms with Gasteiger partial charge in [0.15, 0.2) is 0 Å². The minimum absolute atomic E-state index is 0.114. The molecule has 0 aliphatic carbocycles. The lowest BCUT2D eigenvalue weighted by Crippen LogP contribution is -2.40. The van der Waals surface area contributed by atoms with Crippen LogP contribution in [0.25, 0.3) is 11.3 Å². The summed E-state index contributed by atoms with van der Waals surface area (Å²) in [6.07, 6.45) is 3.80. The Balaban J connectivity index is 1.54. The van der Waals surface area contributed by atoms with Crippen LogP contribution >= 0.6 is 0 Å². The van der Waals surface area contributed by atoms with Gasteiger partial charge >= 0.3 is 0 Å². The summed E-state index contributed by atoms with van der Waals surface area (Å²) >= 11 is 0. The number of hydrogen-bond acceptors (Lipinski definition) is 3. The molecule has 5 heteroatoms. The van der Waals surface area contributed by atoms with E-state index in [1.807, 2.05) is 30.3 Å². The first kappa shape index (κ1) is 13.8. The van der Waals surface area contributed by atoms with Crippen molar-refractivity contribution in [2.45, 2.75) is 19.4 Å². The third-order valence-electron chi connectivity index (χ3n) is 3.90. The van der Waals surface area contributed by atoms with Crippen molar-refractivity contribution in [3.63, 3.8) is 0 Å². The molecule has 0 spiro atoms. The third-order valence-corrected chi connectivity index (χ3v) is 3.90. The summed E-state index contributed by atoms with van der Waals surface area (Å²) in [6, 6.07) is 10.1. The van der Waals surface area contributed by atoms with Gasteiger partial charge in [0.05, 0.1) is 11.6 Å². The van der Waals surface area contributed by atoms with Crippen LogP contribution in [-0.4, -0.2) is 29.2 Å². The highest BCUT2D eigenvalue weighted by Crippen LogP contribution is 2.16. The summed E-state index contributed by atoms with van der Waals surface area (Å²) in [5, 5.41) is 13.2. The number of nitrogens with zero attached hydrogens (tertiary/aromatic N) is 1. The van der Waals surface area contributed by atoms with E-state index in [2.05, 4.69) is 20.8 Å². The largest absolute Gasteiger partial charge is 0.352 e. The van der Waals surface area contributed by atoms with E-state index in [4.69, 9.17) is 0 Å². The van der Waals surface area contributed by atoms with Crippen molar-refractivity contribution < 1.29 is 4.79 Å². The van der Waals surface area contributed by atoms with E-state index < -0.39 is 0 Å². The van der Waals surface area contributed by atoms with Crippen LogP contribution < -0.4 is 10.6 Å². The van der Waals surface area contributed by atoms with Crippen molar-refractivity contribution in [1.29, 1.82) is 0 Å². The number of amides is 1. The van der Waals surface area contributed by atoms with Crippen molar-refractivity contribution in [3.05, 3.63) is 42.1 Å². The molecule has 1 aromatic carbocycles. The van der Waals surface area contributed by atoms with Crippen molar-refractivity contribution in [2.75, 3.05) is 13.1 Å². The molecule has 2 aromatic rings. The Labute approximate surface area is 124 Å². The number of aromatic amines is 1. The molecule has 1 aliphatic heterocycles. The van der Waals surface area contributed by atoms with Gasteiger partial charge in [0, 0.05) is 19.3 Å². The van der Waals surface area contributed by atoms with Crippen LogP contribution in [0, 0.1) is 5.92 Å². The lowest BCUT2D eigenvalue weighted by Gasteiger charge is -2.21. The topological polar surface area (TPSA) is 69.8 Å². The number of H-pyrrole nitrogens is 1. The Bertz CT molecular complexity index is 571. The zero-order chi connectivity index (χ0) is 14.5. The summed E-state index contributed by atoms with van der Waals surface area (Å²) in [4.78, 5) is 12.1. The lowest BCUT2D eigenvalue weighted by atomic mass is 9.99. The molecule has 3 rings (SSSR count). The first-order chi connectivity index (χ1) is 10.3. The van der Waals surface area contributed by atoms with Gasteiger partial charge in [-0.05, 0) is 36.6 Å². The van der Waals surface area contributed by atoms with Crippen LogP contribution in [0.5, 0.6) is 0 Å². The van der Waals surface area contributed by atoms with Gasteiger partial charge in [-0.1, -0.05) is 24.3 Å². The van der Waals surface area contributed by atoms with E-state index in [1.165, 1.54) is 0 Å². The van der Waals surface area contributed by atoms with Crippen LogP contribution in [0.15, 0.2) is 36.5 Å². The number of hydrogen-bond donors (Lipinski definition) is 3. The Hall–Kier alpha value is -2.14. The van der Waals surface area contributed by atoms with E-state index in [1.54, 1.807) is 6.20 Å². The lowest BCUT2D eigenvalue weighted by molar-refractivity contribution is -0.125. The standard InChI is InChI=1S/C16H20N4O/c21-16(14-2-1-8-17-11-14)18-10-12-3-5-13(6-4-12)15-7-9-19-20-15/h3-7,9,14,17H,1-2,8,10-11H2,(H,18,21)(H,19,20). The maximum Gasteiger partial charge on any atom is 0.224 e. The maximum absolute atomic E-state index is 12.1. The van der Waals surface area contributed by atoms with Crippen molar-refractivity contribution >= 4 is 5.91 Å². The molecular formula is C16H20N4O. The molecule has 1 unspecified atom stereocenters. The molecule has 5 nitrogen and oxygen atoms in total. The van der Waals surface area contributed by atoms with E-state index in [0.29, 0.717) is 6.54 Å². The molecule has 2 heterocycles. The molecule has 3 N–H and O–H groups in total. The highest BCUT2D eigenvalue weighted by Gasteiger charge is 2.20. The molecular weight excluding hydrogens is 264 g/mol. The molecule has 1 aromatic heterocycles. The molecule has 1 aliphatic rings. The number of rotatable bonds is 4. The maximum atomic E-state index is 12.1. The van der Waals surface area contributed by atoms with Gasteiger partial charge < -0.3 is 10.6 Å². The SMILES string of the molecule is O=C(NCc1ccc(-c2ccn[nH]2)cc1)C1CCCNC1. The van der Waals surface area contributed by atoms with Crippen molar-refractivity contribution in [3.8, 4) is 11.3 Å². The average molecular weight is 284 g/mol. The Morgan fingerprint density at radius 1 is 1.29 bits per heavy atom. The second kappa shape index (κ2) is 6.54. The van der Waals surface area contributed by atoms with Crippen LogP contribution in [0.1, 0.15) is 18.4 Å². The van der Waals surface area contributed by atoms with E-state index >= 15 is 0 Å². The van der Waals surface area contributed by atoms with Gasteiger partial charge in [0.25, 0.3) is 0 Å². The summed E-state index contributed by atoms with van der Waals surface area (Å²) < 4.78 is 0. The highest BCUT2D eigenvalue weighted by atomic mass is 16.1. The molecule has 21 heavy (non-hydrogen) atoms. The molecule has 0 radical (unpaired) electrons. The normalized spacial score (nSPS) is 18.4. The fourth-order valence-electron chi connectivity index (χ4n) is 2.63. The molecule has 1 atom stereocenters. The average Bonchev–Trinajstić information content (AvgIpc) is 3.08. The molecule has 1 saturated heterocycles. The van der Waals surface area contributed by atoms with Crippen LogP contribution in [0.4, 0.5) is 0 Å². The van der Waals surface area contributed by atoms with E-state index in [9.17, 15) is 4.79 Å². The summed E-state index contributed by atoms with van der Waals surface area (Å²) in [7, 11) is 0. The zero-order valence-corrected chi connectivity index (χ0v) is 11.9. The fourth-order valence-corrected chi connectivity index (χ4v) is 2.63. The van der Waals surface area contributed by atoms with E-state index in [-0.39, 0.29) is 11.8 Å².